The van der Waals surface area contributed by atoms with Crippen molar-refractivity contribution >= 4 is 44.9 Å². The highest BCUT2D eigenvalue weighted by Crippen LogP contribution is 2.54. The van der Waals surface area contributed by atoms with E-state index in [0.717, 1.165) is 60.0 Å². The van der Waals surface area contributed by atoms with E-state index in [0.29, 0.717) is 0 Å². The number of hydrogen-bond acceptors (Lipinski definition) is 3. The highest BCUT2D eigenvalue weighted by atomic mass is 31.2. The lowest BCUT2D eigenvalue weighted by Gasteiger charge is -2.21. The van der Waals surface area contributed by atoms with Crippen LogP contribution in [0.2, 0.25) is 0 Å². The van der Waals surface area contributed by atoms with E-state index in [1.165, 1.54) is 0 Å². The molecule has 2 aromatic heterocycles. The average Bonchev–Trinajstić information content (AvgIpc) is 3.02. The molecular weight excluding hydrogens is 435 g/mol. The summed E-state index contributed by atoms with van der Waals surface area (Å²) in [5, 5.41) is 4.61. The Morgan fingerprint density at radius 2 is 0.971 bits per heavy atom. The number of aromatic nitrogens is 2. The van der Waals surface area contributed by atoms with Gasteiger partial charge in [0.1, 0.15) is 0 Å². The molecule has 0 N–H and O–H groups in total. The third-order valence-corrected chi connectivity index (χ3v) is 9.94. The maximum absolute atomic E-state index is 15.4. The van der Waals surface area contributed by atoms with Crippen LogP contribution in [0.25, 0.3) is 44.1 Å². The van der Waals surface area contributed by atoms with Crippen LogP contribution in [-0.4, -0.2) is 9.97 Å². The number of fused-ring (bicyclic) bond motifs is 10. The largest absolute Gasteiger partial charge is 0.309 e. The van der Waals surface area contributed by atoms with Gasteiger partial charge in [0, 0.05) is 50.2 Å². The van der Waals surface area contributed by atoms with Crippen molar-refractivity contribution in [2.75, 3.05) is 0 Å². The fourth-order valence-corrected chi connectivity index (χ4v) is 8.42. The second kappa shape index (κ2) is 7.21. The molecule has 0 saturated heterocycles. The Morgan fingerprint density at radius 1 is 0.500 bits per heavy atom. The van der Waals surface area contributed by atoms with Crippen molar-refractivity contribution in [3.05, 3.63) is 116 Å². The predicted octanol–water partition coefficient (Wildman–Crippen LogP) is 6.07. The number of benzene rings is 4. The van der Waals surface area contributed by atoms with Crippen LogP contribution in [0.3, 0.4) is 0 Å². The van der Waals surface area contributed by atoms with Crippen LogP contribution in [0.5, 0.6) is 0 Å². The maximum Gasteiger partial charge on any atom is 0.172 e. The lowest BCUT2D eigenvalue weighted by atomic mass is 9.89. The summed E-state index contributed by atoms with van der Waals surface area (Å²) in [6.07, 6.45) is 3.67. The normalized spacial score (nSPS) is 13.6. The van der Waals surface area contributed by atoms with Gasteiger partial charge < -0.3 is 4.57 Å². The van der Waals surface area contributed by atoms with Crippen molar-refractivity contribution in [1.82, 2.24) is 9.97 Å². The number of hydrogen-bond donors (Lipinski definition) is 0. The molecule has 160 valence electrons. The quantitative estimate of drug-likeness (QED) is 0.223. The van der Waals surface area contributed by atoms with Gasteiger partial charge in [0.2, 0.25) is 0 Å². The molecule has 4 heteroatoms. The molecule has 0 atom stereocenters. The van der Waals surface area contributed by atoms with Gasteiger partial charge in [-0.15, -0.1) is 0 Å². The van der Waals surface area contributed by atoms with E-state index in [-0.39, 0.29) is 0 Å². The predicted molar refractivity (Wildman–Crippen MR) is 141 cm³/mol. The second-order valence-corrected chi connectivity index (χ2v) is 11.2. The highest BCUT2D eigenvalue weighted by Gasteiger charge is 2.38. The molecule has 4 aromatic carbocycles. The van der Waals surface area contributed by atoms with Crippen molar-refractivity contribution in [3.8, 4) is 22.3 Å². The van der Waals surface area contributed by atoms with E-state index in [2.05, 4.69) is 24.3 Å². The molecule has 6 aromatic rings. The molecule has 3 heterocycles. The van der Waals surface area contributed by atoms with Crippen LogP contribution in [0.1, 0.15) is 0 Å². The lowest BCUT2D eigenvalue weighted by Crippen LogP contribution is -2.26. The fourth-order valence-electron chi connectivity index (χ4n) is 5.37. The molecule has 0 bridgehead atoms. The molecule has 0 saturated carbocycles. The molecule has 1 aliphatic heterocycles. The molecule has 0 amide bonds. The fraction of sp³-hybridized carbons (Fsp3) is 0. The van der Waals surface area contributed by atoms with Crippen LogP contribution in [0.4, 0.5) is 0 Å². The Balaban J connectivity index is 1.80. The molecule has 0 unspecified atom stereocenters. The number of rotatable bonds is 1. The van der Waals surface area contributed by atoms with Crippen molar-refractivity contribution in [2.45, 2.75) is 0 Å². The van der Waals surface area contributed by atoms with Gasteiger partial charge in [0.25, 0.3) is 0 Å². The van der Waals surface area contributed by atoms with Gasteiger partial charge in [-0.3, -0.25) is 9.97 Å². The first-order valence-corrected chi connectivity index (χ1v) is 13.0. The summed E-state index contributed by atoms with van der Waals surface area (Å²) >= 11 is 0. The summed E-state index contributed by atoms with van der Waals surface area (Å²) in [6.45, 7) is 0. The highest BCUT2D eigenvalue weighted by molar-refractivity contribution is 7.85. The molecule has 34 heavy (non-hydrogen) atoms. The first kappa shape index (κ1) is 19.4. The van der Waals surface area contributed by atoms with Gasteiger partial charge in [0.05, 0.1) is 11.0 Å². The molecule has 3 nitrogen and oxygen atoms in total. The van der Waals surface area contributed by atoms with Crippen LogP contribution in [0.15, 0.2) is 116 Å². The van der Waals surface area contributed by atoms with Gasteiger partial charge in [-0.25, -0.2) is 0 Å². The first-order valence-electron chi connectivity index (χ1n) is 11.3. The summed E-state index contributed by atoms with van der Waals surface area (Å²) in [6, 6.07) is 34.2. The third kappa shape index (κ3) is 2.50. The van der Waals surface area contributed by atoms with Gasteiger partial charge in [-0.1, -0.05) is 91.0 Å². The van der Waals surface area contributed by atoms with Gasteiger partial charge in [0.15, 0.2) is 7.14 Å². The first-order chi connectivity index (χ1) is 16.8. The monoisotopic (exact) mass is 454 g/mol. The minimum absolute atomic E-state index is 0.831. The minimum Gasteiger partial charge on any atom is -0.309 e. The number of pyridine rings is 2. The molecule has 0 aliphatic carbocycles. The summed E-state index contributed by atoms with van der Waals surface area (Å²) in [7, 11) is -3.18. The summed E-state index contributed by atoms with van der Waals surface area (Å²) < 4.78 is 15.4. The Labute approximate surface area is 197 Å². The Hall–Kier alpha value is -4.07. The standard InChI is InChI=1S/C30H19N2OP/c33-34(20-10-2-1-3-11-20)25-16-6-4-12-23(25)27-28(24-13-5-7-17-26(24)34)30-22(15-9-19-32-30)21-14-8-18-31-29(21)27/h1-19H. The van der Waals surface area contributed by atoms with Crippen LogP contribution in [0, 0.1) is 0 Å². The van der Waals surface area contributed by atoms with E-state index in [1.54, 1.807) is 0 Å². The van der Waals surface area contributed by atoms with E-state index in [4.69, 9.17) is 9.97 Å². The zero-order valence-corrected chi connectivity index (χ0v) is 19.1. The van der Waals surface area contributed by atoms with E-state index >= 15 is 4.57 Å². The third-order valence-electron chi connectivity index (χ3n) is 6.77. The number of nitrogens with zero attached hydrogens (tertiary/aromatic N) is 2. The Kier molecular flexibility index (Phi) is 4.12. The average molecular weight is 454 g/mol. The van der Waals surface area contributed by atoms with Gasteiger partial charge >= 0.3 is 0 Å². The van der Waals surface area contributed by atoms with Crippen molar-refractivity contribution in [1.29, 1.82) is 0 Å². The second-order valence-electron chi connectivity index (χ2n) is 8.53. The molecule has 0 radical (unpaired) electrons. The van der Waals surface area contributed by atoms with Crippen molar-refractivity contribution < 1.29 is 4.57 Å². The van der Waals surface area contributed by atoms with Crippen molar-refractivity contribution in [3.63, 3.8) is 0 Å². The van der Waals surface area contributed by atoms with Gasteiger partial charge in [-0.2, -0.15) is 0 Å². The zero-order chi connectivity index (χ0) is 22.7. The van der Waals surface area contributed by atoms with Gasteiger partial charge in [-0.05, 0) is 23.3 Å². The molecule has 1 aliphatic rings. The molecule has 0 spiro atoms. The van der Waals surface area contributed by atoms with Crippen LogP contribution < -0.4 is 15.9 Å². The molecular formula is C30H19N2OP. The summed E-state index contributed by atoms with van der Waals surface area (Å²) in [5.74, 6) is 0. The smallest absolute Gasteiger partial charge is 0.172 e. The molecule has 7 rings (SSSR count). The Morgan fingerprint density at radius 3 is 1.50 bits per heavy atom. The maximum atomic E-state index is 15.4. The van der Waals surface area contributed by atoms with E-state index in [9.17, 15) is 0 Å². The Bertz CT molecular complexity index is 1680. The van der Waals surface area contributed by atoms with Crippen LogP contribution in [-0.2, 0) is 4.57 Å². The van der Waals surface area contributed by atoms with E-state index in [1.807, 2.05) is 91.3 Å². The SMILES string of the molecule is O=P1(c2ccccc2)c2ccccc2-c2c(c3ncccc3c3cccnc23)-c2ccccc21. The summed E-state index contributed by atoms with van der Waals surface area (Å²) in [5.41, 5.74) is 5.72. The zero-order valence-electron chi connectivity index (χ0n) is 18.2. The lowest BCUT2D eigenvalue weighted by molar-refractivity contribution is 0.592. The topological polar surface area (TPSA) is 42.9 Å². The summed E-state index contributed by atoms with van der Waals surface area (Å²) in [4.78, 5) is 9.72. The van der Waals surface area contributed by atoms with E-state index < -0.39 is 7.14 Å². The van der Waals surface area contributed by atoms with Crippen LogP contribution >= 0.6 is 7.14 Å². The molecule has 0 fully saturated rings. The minimum atomic E-state index is -3.18. The van der Waals surface area contributed by atoms with Crippen molar-refractivity contribution in [2.24, 2.45) is 0 Å².